The topological polar surface area (TPSA) is 77.2 Å². The molecule has 0 unspecified atom stereocenters. The van der Waals surface area contributed by atoms with Crippen molar-refractivity contribution in [2.75, 3.05) is 12.4 Å². The largest absolute Gasteiger partial charge is 0.495 e. The predicted octanol–water partition coefficient (Wildman–Crippen LogP) is 5.83. The number of ether oxygens (including phenoxy) is 1. The Balaban J connectivity index is 1.58. The minimum Gasteiger partial charge on any atom is -0.495 e. The molecule has 0 aliphatic carbocycles. The lowest BCUT2D eigenvalue weighted by Gasteiger charge is -2.04. The summed E-state index contributed by atoms with van der Waals surface area (Å²) in [5.41, 5.74) is 2.65. The van der Waals surface area contributed by atoms with Crippen LogP contribution in [0.2, 0.25) is 5.02 Å². The zero-order chi connectivity index (χ0) is 21.3. The van der Waals surface area contributed by atoms with E-state index < -0.39 is 5.91 Å². The molecule has 0 aliphatic heterocycles. The van der Waals surface area contributed by atoms with E-state index in [0.29, 0.717) is 38.6 Å². The van der Waals surface area contributed by atoms with Gasteiger partial charge in [0, 0.05) is 16.5 Å². The second-order valence-corrected chi connectivity index (χ2v) is 7.58. The number of thiazole rings is 1. The fourth-order valence-electron chi connectivity index (χ4n) is 2.89. The summed E-state index contributed by atoms with van der Waals surface area (Å²) in [5.74, 6) is 0.131. The van der Waals surface area contributed by atoms with E-state index in [1.165, 1.54) is 23.5 Å². The Bertz CT molecular complexity index is 1220. The molecule has 0 saturated carbocycles. The quantitative estimate of drug-likeness (QED) is 0.420. The molecule has 0 spiro atoms. The molecule has 1 amide bonds. The summed E-state index contributed by atoms with van der Waals surface area (Å²) in [6.07, 6.45) is 0. The van der Waals surface area contributed by atoms with Gasteiger partial charge in [0.2, 0.25) is 0 Å². The summed E-state index contributed by atoms with van der Waals surface area (Å²) in [6.45, 7) is 1.64. The van der Waals surface area contributed by atoms with Gasteiger partial charge in [-0.25, -0.2) is 9.37 Å². The van der Waals surface area contributed by atoms with E-state index in [1.54, 1.807) is 38.3 Å². The van der Waals surface area contributed by atoms with E-state index in [-0.39, 0.29) is 11.4 Å². The number of halogens is 2. The summed E-state index contributed by atoms with van der Waals surface area (Å²) >= 11 is 7.46. The Labute approximate surface area is 180 Å². The maximum absolute atomic E-state index is 13.2. The number of hydrogen-bond donors (Lipinski definition) is 1. The first-order valence-electron chi connectivity index (χ1n) is 8.79. The fraction of sp³-hybridized carbons (Fsp3) is 0.0952. The normalized spacial score (nSPS) is 10.8. The SMILES string of the molecule is COc1ccc(-c2csc(NC(=O)c3c(-c4ccc(F)cc4)noc3C)n2)cc1Cl. The van der Waals surface area contributed by atoms with Crippen LogP contribution in [0.4, 0.5) is 9.52 Å². The molecule has 2 aromatic heterocycles. The molecule has 4 aromatic rings. The van der Waals surface area contributed by atoms with Crippen molar-refractivity contribution in [3.8, 4) is 28.3 Å². The van der Waals surface area contributed by atoms with Crippen molar-refractivity contribution < 1.29 is 18.4 Å². The third-order valence-corrected chi connectivity index (χ3v) is 5.43. The van der Waals surface area contributed by atoms with E-state index in [2.05, 4.69) is 15.5 Å². The Morgan fingerprint density at radius 2 is 1.93 bits per heavy atom. The molecule has 0 fully saturated rings. The Morgan fingerprint density at radius 3 is 2.63 bits per heavy atom. The van der Waals surface area contributed by atoms with Crippen molar-refractivity contribution in [3.63, 3.8) is 0 Å². The molecule has 0 saturated heterocycles. The zero-order valence-corrected chi connectivity index (χ0v) is 17.5. The molecule has 9 heteroatoms. The Morgan fingerprint density at radius 1 is 1.20 bits per heavy atom. The van der Waals surface area contributed by atoms with Crippen molar-refractivity contribution in [1.82, 2.24) is 10.1 Å². The van der Waals surface area contributed by atoms with Gasteiger partial charge in [-0.1, -0.05) is 16.8 Å². The minimum atomic E-state index is -0.415. The Kier molecular flexibility index (Phi) is 5.52. The monoisotopic (exact) mass is 443 g/mol. The summed E-state index contributed by atoms with van der Waals surface area (Å²) in [4.78, 5) is 17.3. The molecule has 152 valence electrons. The molecule has 30 heavy (non-hydrogen) atoms. The van der Waals surface area contributed by atoms with Gasteiger partial charge in [0.15, 0.2) is 5.13 Å². The van der Waals surface area contributed by atoms with E-state index in [9.17, 15) is 9.18 Å². The Hall–Kier alpha value is -3.23. The van der Waals surface area contributed by atoms with Crippen LogP contribution in [0.25, 0.3) is 22.5 Å². The van der Waals surface area contributed by atoms with E-state index >= 15 is 0 Å². The van der Waals surface area contributed by atoms with Crippen LogP contribution in [0, 0.1) is 12.7 Å². The molecule has 0 atom stereocenters. The number of aryl methyl sites for hydroxylation is 1. The number of anilines is 1. The molecule has 2 aromatic carbocycles. The lowest BCUT2D eigenvalue weighted by atomic mass is 10.1. The van der Waals surface area contributed by atoms with Gasteiger partial charge in [0.25, 0.3) is 5.91 Å². The molecular weight excluding hydrogens is 429 g/mol. The maximum Gasteiger partial charge on any atom is 0.263 e. The van der Waals surface area contributed by atoms with Crippen LogP contribution in [-0.4, -0.2) is 23.2 Å². The summed E-state index contributed by atoms with van der Waals surface area (Å²) < 4.78 is 23.6. The minimum absolute atomic E-state index is 0.269. The number of aromatic nitrogens is 2. The van der Waals surface area contributed by atoms with Crippen LogP contribution in [0.1, 0.15) is 16.1 Å². The molecule has 2 heterocycles. The van der Waals surface area contributed by atoms with Gasteiger partial charge in [-0.3, -0.25) is 10.1 Å². The third-order valence-electron chi connectivity index (χ3n) is 4.38. The van der Waals surface area contributed by atoms with Gasteiger partial charge in [0.1, 0.15) is 28.6 Å². The average molecular weight is 444 g/mol. The van der Waals surface area contributed by atoms with Crippen molar-refractivity contribution >= 4 is 34.0 Å². The number of carbonyl (C=O) groups excluding carboxylic acids is 1. The predicted molar refractivity (Wildman–Crippen MR) is 114 cm³/mol. The number of nitrogens with zero attached hydrogens (tertiary/aromatic N) is 2. The van der Waals surface area contributed by atoms with Gasteiger partial charge in [-0.05, 0) is 49.4 Å². The van der Waals surface area contributed by atoms with Crippen LogP contribution in [0.5, 0.6) is 5.75 Å². The van der Waals surface area contributed by atoms with Crippen LogP contribution in [0.15, 0.2) is 52.4 Å². The number of amides is 1. The van der Waals surface area contributed by atoms with Gasteiger partial charge in [0.05, 0.1) is 17.8 Å². The number of rotatable bonds is 5. The van der Waals surface area contributed by atoms with Crippen LogP contribution < -0.4 is 10.1 Å². The molecular formula is C21H15ClFN3O3S. The lowest BCUT2D eigenvalue weighted by molar-refractivity contribution is 0.102. The molecule has 6 nitrogen and oxygen atoms in total. The second kappa shape index (κ2) is 8.25. The van der Waals surface area contributed by atoms with Crippen molar-refractivity contribution in [2.24, 2.45) is 0 Å². The first kappa shape index (κ1) is 20.1. The van der Waals surface area contributed by atoms with E-state index in [0.717, 1.165) is 5.56 Å². The third kappa shape index (κ3) is 3.92. The number of methoxy groups -OCH3 is 1. The zero-order valence-electron chi connectivity index (χ0n) is 15.9. The van der Waals surface area contributed by atoms with Gasteiger partial charge < -0.3 is 9.26 Å². The second-order valence-electron chi connectivity index (χ2n) is 6.31. The fourth-order valence-corrected chi connectivity index (χ4v) is 3.87. The van der Waals surface area contributed by atoms with Gasteiger partial charge in [-0.15, -0.1) is 11.3 Å². The maximum atomic E-state index is 13.2. The van der Waals surface area contributed by atoms with Gasteiger partial charge in [-0.2, -0.15) is 0 Å². The van der Waals surface area contributed by atoms with Crippen LogP contribution in [-0.2, 0) is 0 Å². The highest BCUT2D eigenvalue weighted by Gasteiger charge is 2.22. The lowest BCUT2D eigenvalue weighted by Crippen LogP contribution is -2.13. The summed E-state index contributed by atoms with van der Waals surface area (Å²) in [5, 5.41) is 9.42. The van der Waals surface area contributed by atoms with E-state index in [4.69, 9.17) is 20.9 Å². The number of nitrogens with one attached hydrogen (secondary N) is 1. The first-order valence-corrected chi connectivity index (χ1v) is 10.0. The van der Waals surface area contributed by atoms with Crippen LogP contribution >= 0.6 is 22.9 Å². The number of carbonyl (C=O) groups is 1. The summed E-state index contributed by atoms with van der Waals surface area (Å²) in [6, 6.07) is 11.0. The average Bonchev–Trinajstić information content (AvgIpc) is 3.35. The molecule has 0 radical (unpaired) electrons. The van der Waals surface area contributed by atoms with Crippen LogP contribution in [0.3, 0.4) is 0 Å². The van der Waals surface area contributed by atoms with Gasteiger partial charge >= 0.3 is 0 Å². The van der Waals surface area contributed by atoms with Crippen molar-refractivity contribution in [3.05, 3.63) is 70.0 Å². The number of hydrogen-bond acceptors (Lipinski definition) is 6. The standard InChI is InChI=1S/C21H15ClFN3O3S/c1-11-18(19(26-29-11)12-3-6-14(23)7-4-12)20(27)25-21-24-16(10-30-21)13-5-8-17(28-2)15(22)9-13/h3-10H,1-2H3,(H,24,25,27). The highest BCUT2D eigenvalue weighted by molar-refractivity contribution is 7.14. The molecule has 0 aliphatic rings. The van der Waals surface area contributed by atoms with E-state index in [1.807, 2.05) is 11.4 Å². The highest BCUT2D eigenvalue weighted by Crippen LogP contribution is 2.32. The molecule has 1 N–H and O–H groups in total. The van der Waals surface area contributed by atoms with Crippen molar-refractivity contribution in [2.45, 2.75) is 6.92 Å². The van der Waals surface area contributed by atoms with Crippen molar-refractivity contribution in [1.29, 1.82) is 0 Å². The first-order chi connectivity index (χ1) is 14.5. The smallest absolute Gasteiger partial charge is 0.263 e. The highest BCUT2D eigenvalue weighted by atomic mass is 35.5. The summed E-state index contributed by atoms with van der Waals surface area (Å²) in [7, 11) is 1.55. The number of benzene rings is 2. The molecule has 4 rings (SSSR count). The molecule has 0 bridgehead atoms.